The van der Waals surface area contributed by atoms with Crippen LogP contribution in [0.15, 0.2) is 30.6 Å². The quantitative estimate of drug-likeness (QED) is 0.548. The molecule has 0 aromatic carbocycles. The smallest absolute Gasteiger partial charge is 0.340 e. The van der Waals surface area contributed by atoms with Gasteiger partial charge in [-0.25, -0.2) is 19.7 Å². The average Bonchev–Trinajstić information content (AvgIpc) is 3.48. The van der Waals surface area contributed by atoms with Gasteiger partial charge in [0, 0.05) is 23.9 Å². The molecule has 2 aliphatic rings. The molecule has 0 bridgehead atoms. The SMILES string of the molecule is C[C@@H]1OC(=O)c2ccc(Nc3cc4c(C(C)(C)N)cnc(OC5(C)CC5)c4cn3)nc2[C@H]1C. The van der Waals surface area contributed by atoms with Crippen molar-refractivity contribution in [1.29, 1.82) is 0 Å². The Kier molecular flexibility index (Phi) is 4.83. The molecule has 1 saturated carbocycles. The minimum Gasteiger partial charge on any atom is -0.471 e. The van der Waals surface area contributed by atoms with E-state index >= 15 is 0 Å². The number of anilines is 2. The summed E-state index contributed by atoms with van der Waals surface area (Å²) in [6.07, 6.45) is 5.37. The van der Waals surface area contributed by atoms with E-state index in [1.807, 2.05) is 33.8 Å². The van der Waals surface area contributed by atoms with Crippen molar-refractivity contribution in [1.82, 2.24) is 15.0 Å². The molecule has 172 valence electrons. The third kappa shape index (κ3) is 3.99. The summed E-state index contributed by atoms with van der Waals surface area (Å²) >= 11 is 0. The minimum absolute atomic E-state index is 0.00299. The third-order valence-corrected chi connectivity index (χ3v) is 6.56. The van der Waals surface area contributed by atoms with Gasteiger partial charge in [-0.2, -0.15) is 0 Å². The van der Waals surface area contributed by atoms with E-state index in [9.17, 15) is 4.79 Å². The predicted molar refractivity (Wildman–Crippen MR) is 126 cm³/mol. The van der Waals surface area contributed by atoms with Crippen LogP contribution in [0.1, 0.15) is 75.0 Å². The van der Waals surface area contributed by atoms with E-state index in [1.54, 1.807) is 24.5 Å². The number of carbonyl (C=O) groups is 1. The van der Waals surface area contributed by atoms with Crippen molar-refractivity contribution in [2.45, 2.75) is 70.6 Å². The lowest BCUT2D eigenvalue weighted by molar-refractivity contribution is 0.0235. The number of cyclic esters (lactones) is 1. The lowest BCUT2D eigenvalue weighted by Crippen LogP contribution is -2.29. The van der Waals surface area contributed by atoms with E-state index in [1.165, 1.54) is 0 Å². The van der Waals surface area contributed by atoms with Gasteiger partial charge in [0.1, 0.15) is 23.3 Å². The van der Waals surface area contributed by atoms with Gasteiger partial charge >= 0.3 is 5.97 Å². The molecule has 5 rings (SSSR count). The van der Waals surface area contributed by atoms with Crippen molar-refractivity contribution >= 4 is 28.4 Å². The van der Waals surface area contributed by atoms with Crippen LogP contribution in [-0.4, -0.2) is 32.6 Å². The molecule has 4 heterocycles. The molecule has 1 aliphatic heterocycles. The van der Waals surface area contributed by atoms with E-state index in [-0.39, 0.29) is 23.6 Å². The van der Waals surface area contributed by atoms with E-state index in [4.69, 9.17) is 20.2 Å². The van der Waals surface area contributed by atoms with Crippen molar-refractivity contribution in [3.05, 3.63) is 47.4 Å². The normalized spacial score (nSPS) is 21.3. The summed E-state index contributed by atoms with van der Waals surface area (Å²) in [7, 11) is 0. The zero-order valence-electron chi connectivity index (χ0n) is 19.6. The first kappa shape index (κ1) is 21.6. The van der Waals surface area contributed by atoms with Gasteiger partial charge in [-0.3, -0.25) is 0 Å². The van der Waals surface area contributed by atoms with Gasteiger partial charge in [0.15, 0.2) is 0 Å². The highest BCUT2D eigenvalue weighted by Crippen LogP contribution is 2.42. The maximum absolute atomic E-state index is 12.2. The molecular formula is C25H29N5O3. The lowest BCUT2D eigenvalue weighted by Gasteiger charge is -2.27. The Morgan fingerprint density at radius 1 is 1.15 bits per heavy atom. The first-order chi connectivity index (χ1) is 15.5. The van der Waals surface area contributed by atoms with Crippen LogP contribution in [-0.2, 0) is 10.3 Å². The third-order valence-electron chi connectivity index (χ3n) is 6.56. The van der Waals surface area contributed by atoms with Crippen LogP contribution in [0.2, 0.25) is 0 Å². The maximum atomic E-state index is 12.2. The van der Waals surface area contributed by atoms with Gasteiger partial charge in [-0.05, 0) is 69.7 Å². The van der Waals surface area contributed by atoms with Crippen LogP contribution < -0.4 is 15.8 Å². The number of hydrogen-bond donors (Lipinski definition) is 2. The van der Waals surface area contributed by atoms with Gasteiger partial charge < -0.3 is 20.5 Å². The predicted octanol–water partition coefficient (Wildman–Crippen LogP) is 4.56. The number of nitrogens with zero attached hydrogens (tertiary/aromatic N) is 3. The molecule has 0 radical (unpaired) electrons. The fraction of sp³-hybridized carbons (Fsp3) is 0.440. The Labute approximate surface area is 192 Å². The molecule has 1 aliphatic carbocycles. The van der Waals surface area contributed by atoms with E-state index in [0.29, 0.717) is 23.1 Å². The van der Waals surface area contributed by atoms with Crippen LogP contribution in [0.5, 0.6) is 5.88 Å². The monoisotopic (exact) mass is 447 g/mol. The molecule has 33 heavy (non-hydrogen) atoms. The Morgan fingerprint density at radius 2 is 1.91 bits per heavy atom. The molecule has 0 spiro atoms. The Bertz CT molecular complexity index is 1260. The second-order valence-electron chi connectivity index (χ2n) is 10.0. The van der Waals surface area contributed by atoms with E-state index in [2.05, 4.69) is 22.2 Å². The lowest BCUT2D eigenvalue weighted by atomic mass is 9.93. The number of hydrogen-bond acceptors (Lipinski definition) is 8. The van der Waals surface area contributed by atoms with Crippen LogP contribution in [0.3, 0.4) is 0 Å². The molecule has 0 unspecified atom stereocenters. The number of fused-ring (bicyclic) bond motifs is 2. The highest BCUT2D eigenvalue weighted by Gasteiger charge is 2.41. The maximum Gasteiger partial charge on any atom is 0.340 e. The second kappa shape index (κ2) is 7.38. The number of rotatable bonds is 5. The van der Waals surface area contributed by atoms with Crippen LogP contribution in [0.4, 0.5) is 11.6 Å². The molecule has 0 saturated heterocycles. The van der Waals surface area contributed by atoms with Crippen LogP contribution in [0, 0.1) is 0 Å². The number of nitrogens with two attached hydrogens (primary N) is 1. The van der Waals surface area contributed by atoms with Crippen molar-refractivity contribution in [2.24, 2.45) is 5.73 Å². The fourth-order valence-corrected chi connectivity index (χ4v) is 4.04. The molecule has 1 fully saturated rings. The number of nitrogens with one attached hydrogen (secondary N) is 1. The first-order valence-electron chi connectivity index (χ1n) is 11.3. The summed E-state index contributed by atoms with van der Waals surface area (Å²) < 4.78 is 11.6. The molecule has 8 nitrogen and oxygen atoms in total. The number of esters is 1. The van der Waals surface area contributed by atoms with Gasteiger partial charge in [-0.1, -0.05) is 6.92 Å². The first-order valence-corrected chi connectivity index (χ1v) is 11.3. The zero-order valence-corrected chi connectivity index (χ0v) is 19.6. The van der Waals surface area contributed by atoms with Gasteiger partial charge in [0.2, 0.25) is 5.88 Å². The number of ether oxygens (including phenoxy) is 2. The summed E-state index contributed by atoms with van der Waals surface area (Å²) in [4.78, 5) is 26.1. The summed E-state index contributed by atoms with van der Waals surface area (Å²) in [5.41, 5.74) is 7.84. The van der Waals surface area contributed by atoms with Crippen molar-refractivity contribution < 1.29 is 14.3 Å². The topological polar surface area (TPSA) is 112 Å². The van der Waals surface area contributed by atoms with Gasteiger partial charge in [0.05, 0.1) is 16.6 Å². The largest absolute Gasteiger partial charge is 0.471 e. The number of aromatic nitrogens is 3. The number of carbonyl (C=O) groups excluding carboxylic acids is 1. The van der Waals surface area contributed by atoms with E-state index < -0.39 is 5.54 Å². The highest BCUT2D eigenvalue weighted by atomic mass is 16.5. The molecule has 3 N–H and O–H groups in total. The van der Waals surface area contributed by atoms with Crippen LogP contribution >= 0.6 is 0 Å². The summed E-state index contributed by atoms with van der Waals surface area (Å²) in [6.45, 7) is 9.87. The molecule has 8 heteroatoms. The molecular weight excluding hydrogens is 418 g/mol. The zero-order chi connectivity index (χ0) is 23.5. The number of pyridine rings is 3. The standard InChI is InChI=1S/C25H29N5O3/c1-13-14(2)32-23(31)15-6-7-19(30-21(13)15)29-20-10-16-17(11-27-20)22(33-25(5)8-9-25)28-12-18(16)24(3,4)26/h6-7,10-14H,8-9,26H2,1-5H3,(H,27,29,30)/t13-,14-/m0/s1. The summed E-state index contributed by atoms with van der Waals surface area (Å²) in [5.74, 6) is 1.47. The van der Waals surface area contributed by atoms with Crippen LogP contribution in [0.25, 0.3) is 10.8 Å². The summed E-state index contributed by atoms with van der Waals surface area (Å²) in [6, 6.07) is 5.46. The fourth-order valence-electron chi connectivity index (χ4n) is 4.04. The molecule has 3 aromatic rings. The molecule has 3 aromatic heterocycles. The van der Waals surface area contributed by atoms with Gasteiger partial charge in [0.25, 0.3) is 0 Å². The molecule has 0 amide bonds. The highest BCUT2D eigenvalue weighted by molar-refractivity contribution is 5.93. The van der Waals surface area contributed by atoms with Crippen molar-refractivity contribution in [3.8, 4) is 5.88 Å². The minimum atomic E-state index is -0.595. The molecule has 2 atom stereocenters. The van der Waals surface area contributed by atoms with Crippen molar-refractivity contribution in [3.63, 3.8) is 0 Å². The second-order valence-corrected chi connectivity index (χ2v) is 10.0. The van der Waals surface area contributed by atoms with Crippen molar-refractivity contribution in [2.75, 3.05) is 5.32 Å². The van der Waals surface area contributed by atoms with E-state index in [0.717, 1.165) is 34.9 Å². The summed E-state index contributed by atoms with van der Waals surface area (Å²) in [5, 5.41) is 5.03. The van der Waals surface area contributed by atoms with Gasteiger partial charge in [-0.15, -0.1) is 0 Å². The Morgan fingerprint density at radius 3 is 2.61 bits per heavy atom. The Balaban J connectivity index is 1.54. The Hall–Kier alpha value is -3.26. The average molecular weight is 448 g/mol.